The first-order valence-electron chi connectivity index (χ1n) is 9.91. The molecule has 0 unspecified atom stereocenters. The summed E-state index contributed by atoms with van der Waals surface area (Å²) < 4.78 is 11.9. The minimum absolute atomic E-state index is 0.333. The van der Waals surface area contributed by atoms with Crippen LogP contribution in [0.5, 0.6) is 5.75 Å². The van der Waals surface area contributed by atoms with Crippen LogP contribution < -0.4 is 4.74 Å². The van der Waals surface area contributed by atoms with Crippen LogP contribution in [-0.4, -0.2) is 18.2 Å². The molecule has 0 heterocycles. The van der Waals surface area contributed by atoms with Crippen molar-refractivity contribution in [1.82, 2.24) is 0 Å². The first-order valence-corrected chi connectivity index (χ1v) is 9.91. The number of rotatable bonds is 8. The lowest BCUT2D eigenvalue weighted by Crippen LogP contribution is -2.35. The highest BCUT2D eigenvalue weighted by molar-refractivity contribution is 6.00. The molecule has 3 rings (SSSR count). The maximum atomic E-state index is 12.0. The Kier molecular flexibility index (Phi) is 6.03. The first kappa shape index (κ1) is 19.9. The van der Waals surface area contributed by atoms with Gasteiger partial charge in [-0.25, -0.2) is 4.79 Å². The molecule has 3 heteroatoms. The molecular weight excluding hydrogens is 348 g/mol. The number of hydrogen-bond donors (Lipinski definition) is 0. The van der Waals surface area contributed by atoms with E-state index in [1.54, 1.807) is 6.92 Å². The molecule has 3 nitrogen and oxygen atoms in total. The molecule has 0 N–H and O–H groups in total. The van der Waals surface area contributed by atoms with Crippen molar-refractivity contribution in [3.8, 4) is 5.75 Å². The highest BCUT2D eigenvalue weighted by Gasteiger charge is 2.30. The second kappa shape index (κ2) is 8.47. The number of fused-ring (bicyclic) bond motifs is 2. The quantitative estimate of drug-likeness (QED) is 0.258. The molecule has 0 saturated heterocycles. The molecule has 146 valence electrons. The number of carbonyl (C=O) groups is 1. The van der Waals surface area contributed by atoms with Crippen LogP contribution in [0.25, 0.3) is 21.5 Å². The van der Waals surface area contributed by atoms with Gasteiger partial charge in [-0.05, 0) is 54.1 Å². The van der Waals surface area contributed by atoms with Gasteiger partial charge in [-0.15, -0.1) is 0 Å². The zero-order valence-electron chi connectivity index (χ0n) is 17.0. The van der Waals surface area contributed by atoms with E-state index >= 15 is 0 Å². The molecule has 3 aromatic carbocycles. The van der Waals surface area contributed by atoms with Crippen molar-refractivity contribution in [2.75, 3.05) is 6.61 Å². The van der Waals surface area contributed by atoms with Crippen molar-refractivity contribution < 1.29 is 14.3 Å². The molecule has 0 saturated carbocycles. The van der Waals surface area contributed by atoms with Crippen LogP contribution in [0.15, 0.2) is 66.7 Å². The lowest BCUT2D eigenvalue weighted by Gasteiger charge is -2.31. The molecule has 28 heavy (non-hydrogen) atoms. The van der Waals surface area contributed by atoms with E-state index in [2.05, 4.69) is 43.0 Å². The van der Waals surface area contributed by atoms with Crippen LogP contribution in [0.3, 0.4) is 0 Å². The predicted octanol–water partition coefficient (Wildman–Crippen LogP) is 6.44. The third-order valence-electron chi connectivity index (χ3n) is 5.47. The molecule has 0 spiro atoms. The molecule has 0 bridgehead atoms. The predicted molar refractivity (Wildman–Crippen MR) is 116 cm³/mol. The summed E-state index contributed by atoms with van der Waals surface area (Å²) in [5.41, 5.74) is -0.0963. The molecule has 0 aliphatic rings. The van der Waals surface area contributed by atoms with Crippen LogP contribution in [0.4, 0.5) is 0 Å². The number of carbonyl (C=O) groups excluding carboxylic acids is 1. The van der Waals surface area contributed by atoms with Crippen molar-refractivity contribution in [3.63, 3.8) is 0 Å². The van der Waals surface area contributed by atoms with E-state index in [0.29, 0.717) is 18.6 Å². The van der Waals surface area contributed by atoms with E-state index in [4.69, 9.17) is 9.47 Å². The average molecular weight is 376 g/mol. The first-order chi connectivity index (χ1) is 13.5. The van der Waals surface area contributed by atoms with Gasteiger partial charge in [0.1, 0.15) is 11.4 Å². The summed E-state index contributed by atoms with van der Waals surface area (Å²) in [4.78, 5) is 12.0. The maximum absolute atomic E-state index is 12.0. The summed E-state index contributed by atoms with van der Waals surface area (Å²) in [7, 11) is 0. The Labute approximate surface area is 167 Å². The summed E-state index contributed by atoms with van der Waals surface area (Å²) in [6.45, 7) is 9.93. The van der Waals surface area contributed by atoms with E-state index in [0.717, 1.165) is 29.4 Å². The topological polar surface area (TPSA) is 35.5 Å². The van der Waals surface area contributed by atoms with Gasteiger partial charge in [-0.3, -0.25) is 0 Å². The summed E-state index contributed by atoms with van der Waals surface area (Å²) in [6.07, 6.45) is 2.13. The van der Waals surface area contributed by atoms with Crippen molar-refractivity contribution in [3.05, 3.63) is 66.7 Å². The van der Waals surface area contributed by atoms with Crippen LogP contribution in [0.2, 0.25) is 0 Å². The maximum Gasteiger partial charge on any atom is 0.333 e. The Bertz CT molecular complexity index is 999. The van der Waals surface area contributed by atoms with E-state index in [9.17, 15) is 4.79 Å². The van der Waals surface area contributed by atoms with Gasteiger partial charge >= 0.3 is 5.97 Å². The Hall–Kier alpha value is -2.81. The van der Waals surface area contributed by atoms with Gasteiger partial charge in [-0.2, -0.15) is 0 Å². The largest absolute Gasteiger partial charge is 0.493 e. The van der Waals surface area contributed by atoms with Crippen molar-refractivity contribution in [1.29, 1.82) is 0 Å². The standard InChI is InChI=1S/C25H28O3/c1-5-25(6-2,28-24(26)18(3)4)14-15-27-23-13-9-12-21-16-19-10-7-8-11-20(19)17-22(21)23/h7-13,16-17H,3,5-6,14-15H2,1-2,4H3. The van der Waals surface area contributed by atoms with Crippen LogP contribution >= 0.6 is 0 Å². The van der Waals surface area contributed by atoms with Gasteiger partial charge in [0, 0.05) is 17.4 Å². The van der Waals surface area contributed by atoms with Gasteiger partial charge in [0.15, 0.2) is 0 Å². The minimum atomic E-state index is -0.521. The minimum Gasteiger partial charge on any atom is -0.493 e. The fraction of sp³-hybridized carbons (Fsp3) is 0.320. The van der Waals surface area contributed by atoms with E-state index < -0.39 is 5.60 Å². The average Bonchev–Trinajstić information content (AvgIpc) is 2.71. The summed E-state index contributed by atoms with van der Waals surface area (Å²) in [5, 5.41) is 4.66. The highest BCUT2D eigenvalue weighted by atomic mass is 16.6. The molecule has 0 fully saturated rings. The zero-order valence-corrected chi connectivity index (χ0v) is 17.0. The lowest BCUT2D eigenvalue weighted by molar-refractivity contribution is -0.157. The van der Waals surface area contributed by atoms with Crippen LogP contribution in [-0.2, 0) is 9.53 Å². The van der Waals surface area contributed by atoms with E-state index in [1.165, 1.54) is 10.8 Å². The van der Waals surface area contributed by atoms with E-state index in [1.807, 2.05) is 32.0 Å². The Morgan fingerprint density at radius 3 is 2.25 bits per heavy atom. The van der Waals surface area contributed by atoms with Crippen LogP contribution in [0, 0.1) is 0 Å². The lowest BCUT2D eigenvalue weighted by atomic mass is 9.93. The van der Waals surface area contributed by atoms with Crippen molar-refractivity contribution >= 4 is 27.5 Å². The van der Waals surface area contributed by atoms with E-state index in [-0.39, 0.29) is 5.97 Å². The molecule has 0 aromatic heterocycles. The Morgan fingerprint density at radius 2 is 1.61 bits per heavy atom. The summed E-state index contributed by atoms with van der Waals surface area (Å²) in [5.74, 6) is 0.524. The number of hydrogen-bond acceptors (Lipinski definition) is 3. The van der Waals surface area contributed by atoms with Gasteiger partial charge < -0.3 is 9.47 Å². The molecular formula is C25H28O3. The van der Waals surface area contributed by atoms with Gasteiger partial charge in [0.25, 0.3) is 0 Å². The van der Waals surface area contributed by atoms with Gasteiger partial charge in [0.2, 0.25) is 0 Å². The summed E-state index contributed by atoms with van der Waals surface area (Å²) >= 11 is 0. The molecule has 0 radical (unpaired) electrons. The van der Waals surface area contributed by atoms with Crippen molar-refractivity contribution in [2.24, 2.45) is 0 Å². The highest BCUT2D eigenvalue weighted by Crippen LogP contribution is 2.31. The molecule has 0 aliphatic carbocycles. The Balaban J connectivity index is 1.79. The SMILES string of the molecule is C=C(C)C(=O)OC(CC)(CC)CCOc1cccc2cc3ccccc3cc12. The zero-order chi connectivity index (χ0) is 20.1. The number of benzene rings is 3. The summed E-state index contributed by atoms with van der Waals surface area (Å²) in [6, 6.07) is 18.8. The van der Waals surface area contributed by atoms with Crippen LogP contribution in [0.1, 0.15) is 40.0 Å². The normalized spacial score (nSPS) is 11.5. The fourth-order valence-corrected chi connectivity index (χ4v) is 3.49. The second-order valence-corrected chi connectivity index (χ2v) is 7.34. The molecule has 0 amide bonds. The molecule has 0 atom stereocenters. The third kappa shape index (κ3) is 4.19. The second-order valence-electron chi connectivity index (χ2n) is 7.34. The number of esters is 1. The van der Waals surface area contributed by atoms with Gasteiger partial charge in [0.05, 0.1) is 6.61 Å². The molecule has 3 aromatic rings. The third-order valence-corrected chi connectivity index (χ3v) is 5.47. The monoisotopic (exact) mass is 376 g/mol. The van der Waals surface area contributed by atoms with Gasteiger partial charge in [-0.1, -0.05) is 56.8 Å². The molecule has 0 aliphatic heterocycles. The Morgan fingerprint density at radius 1 is 0.964 bits per heavy atom. The van der Waals surface area contributed by atoms with Crippen molar-refractivity contribution in [2.45, 2.75) is 45.6 Å². The smallest absolute Gasteiger partial charge is 0.333 e. The number of ether oxygens (including phenoxy) is 2. The fourth-order valence-electron chi connectivity index (χ4n) is 3.49.